The van der Waals surface area contributed by atoms with Crippen molar-refractivity contribution in [1.82, 2.24) is 19.4 Å². The van der Waals surface area contributed by atoms with Gasteiger partial charge in [0.2, 0.25) is 5.91 Å². The lowest BCUT2D eigenvalue weighted by Crippen LogP contribution is -2.56. The van der Waals surface area contributed by atoms with Crippen LogP contribution >= 0.6 is 0 Å². The third-order valence-electron chi connectivity index (χ3n) is 4.40. The first-order chi connectivity index (χ1) is 12.9. The number of hydrogen-bond donors (Lipinski definition) is 1. The summed E-state index contributed by atoms with van der Waals surface area (Å²) in [5.41, 5.74) is 0.370. The Morgan fingerprint density at radius 2 is 1.61 bits per heavy atom. The molecule has 9 heteroatoms. The summed E-state index contributed by atoms with van der Waals surface area (Å²) in [7, 11) is -2.22. The largest absolute Gasteiger partial charge is 0.350 e. The molecule has 0 radical (unpaired) electrons. The van der Waals surface area contributed by atoms with Crippen molar-refractivity contribution in [2.45, 2.75) is 38.1 Å². The number of nitrogens with zero attached hydrogens (tertiary/aromatic N) is 3. The molecule has 1 aromatic rings. The maximum Gasteiger partial charge on any atom is 0.334 e. The van der Waals surface area contributed by atoms with Crippen LogP contribution in [0.5, 0.6) is 0 Å². The van der Waals surface area contributed by atoms with Crippen molar-refractivity contribution in [1.29, 1.82) is 0 Å². The van der Waals surface area contributed by atoms with Gasteiger partial charge in [-0.2, -0.15) is 0 Å². The zero-order valence-electron chi connectivity index (χ0n) is 17.2. The highest BCUT2D eigenvalue weighted by molar-refractivity contribution is 7.89. The van der Waals surface area contributed by atoms with Gasteiger partial charge in [-0.25, -0.2) is 17.5 Å². The van der Waals surface area contributed by atoms with Crippen LogP contribution in [0.4, 0.5) is 4.79 Å². The molecule has 8 nitrogen and oxygen atoms in total. The number of benzene rings is 1. The first kappa shape index (κ1) is 22.2. The molecule has 1 fully saturated rings. The van der Waals surface area contributed by atoms with E-state index in [1.54, 1.807) is 32.9 Å². The van der Waals surface area contributed by atoms with E-state index < -0.39 is 34.0 Å². The summed E-state index contributed by atoms with van der Waals surface area (Å²) in [5, 5.41) is 2.72. The first-order valence-electron chi connectivity index (χ1n) is 9.28. The summed E-state index contributed by atoms with van der Waals surface area (Å²) in [6, 6.07) is 5.58. The highest BCUT2D eigenvalue weighted by atomic mass is 32.2. The second kappa shape index (κ2) is 8.48. The number of urea groups is 1. The van der Waals surface area contributed by atoms with Gasteiger partial charge >= 0.3 is 6.03 Å². The highest BCUT2D eigenvalue weighted by Gasteiger charge is 2.35. The topological polar surface area (TPSA) is 90.0 Å². The van der Waals surface area contributed by atoms with Crippen molar-refractivity contribution in [2.24, 2.45) is 0 Å². The Balaban J connectivity index is 2.33. The number of nitrogens with one attached hydrogen (secondary N) is 1. The minimum atomic E-state index is -4.16. The van der Waals surface area contributed by atoms with Crippen LogP contribution in [0.3, 0.4) is 0 Å². The predicted molar refractivity (Wildman–Crippen MR) is 107 cm³/mol. The lowest BCUT2D eigenvalue weighted by atomic mass is 10.1. The van der Waals surface area contributed by atoms with Gasteiger partial charge < -0.3 is 15.1 Å². The number of likely N-dealkylation sites (N-methyl/N-ethyl adjacent to an activating group) is 1. The Morgan fingerprint density at radius 1 is 1.07 bits per heavy atom. The monoisotopic (exact) mass is 410 g/mol. The van der Waals surface area contributed by atoms with Crippen molar-refractivity contribution in [2.75, 3.05) is 39.8 Å². The normalized spacial score (nSPS) is 16.0. The van der Waals surface area contributed by atoms with E-state index in [-0.39, 0.29) is 4.90 Å². The standard InChI is InChI=1S/C19H30N4O4S/c1-15-6-8-16(9-7-15)28(26,27)23(14-17(24)20-19(2,3)4)18(25)22-12-10-21(5)11-13-22/h6-9H,10-14H2,1-5H3,(H,20,24). The summed E-state index contributed by atoms with van der Waals surface area (Å²) in [6.45, 7) is 8.81. The molecule has 2 rings (SSSR count). The van der Waals surface area contributed by atoms with E-state index in [0.717, 1.165) is 5.56 Å². The van der Waals surface area contributed by atoms with Gasteiger partial charge in [-0.15, -0.1) is 0 Å². The van der Waals surface area contributed by atoms with Gasteiger partial charge in [-0.3, -0.25) is 4.79 Å². The molecule has 0 saturated carbocycles. The number of amides is 3. The fourth-order valence-electron chi connectivity index (χ4n) is 2.84. The van der Waals surface area contributed by atoms with Crippen molar-refractivity contribution in [3.63, 3.8) is 0 Å². The summed E-state index contributed by atoms with van der Waals surface area (Å²) in [5.74, 6) is -0.523. The molecule has 0 bridgehead atoms. The fourth-order valence-corrected chi connectivity index (χ4v) is 4.18. The smallest absolute Gasteiger partial charge is 0.334 e. The van der Waals surface area contributed by atoms with Crippen molar-refractivity contribution >= 4 is 22.0 Å². The molecule has 1 aromatic carbocycles. The summed E-state index contributed by atoms with van der Waals surface area (Å²) in [6.07, 6.45) is 0. The van der Waals surface area contributed by atoms with Crippen molar-refractivity contribution < 1.29 is 18.0 Å². The molecule has 0 atom stereocenters. The lowest BCUT2D eigenvalue weighted by molar-refractivity contribution is -0.122. The van der Waals surface area contributed by atoms with Gasteiger partial charge in [0.15, 0.2) is 0 Å². The molecule has 0 aromatic heterocycles. The summed E-state index contributed by atoms with van der Waals surface area (Å²) < 4.78 is 27.0. The molecular formula is C19H30N4O4S. The van der Waals surface area contributed by atoms with E-state index in [0.29, 0.717) is 30.5 Å². The molecule has 1 N–H and O–H groups in total. The number of carbonyl (C=O) groups excluding carboxylic acids is 2. The Kier molecular flexibility index (Phi) is 6.71. The van der Waals surface area contributed by atoms with E-state index in [4.69, 9.17) is 0 Å². The Hall–Kier alpha value is -2.13. The van der Waals surface area contributed by atoms with Crippen LogP contribution in [0.1, 0.15) is 26.3 Å². The Morgan fingerprint density at radius 3 is 2.11 bits per heavy atom. The minimum absolute atomic E-state index is 0.0101. The minimum Gasteiger partial charge on any atom is -0.350 e. The number of rotatable bonds is 4. The van der Waals surface area contributed by atoms with Gasteiger partial charge in [0.05, 0.1) is 4.90 Å². The molecular weight excluding hydrogens is 380 g/mol. The number of hydrogen-bond acceptors (Lipinski definition) is 5. The van der Waals surface area contributed by atoms with Crippen LogP contribution in [0.15, 0.2) is 29.2 Å². The van der Waals surface area contributed by atoms with E-state index in [2.05, 4.69) is 10.2 Å². The molecule has 1 aliphatic heterocycles. The number of piperazine rings is 1. The van der Waals surface area contributed by atoms with E-state index in [1.165, 1.54) is 17.0 Å². The Labute approximate surface area is 167 Å². The molecule has 0 spiro atoms. The maximum atomic E-state index is 13.2. The summed E-state index contributed by atoms with van der Waals surface area (Å²) in [4.78, 5) is 29.0. The predicted octanol–water partition coefficient (Wildman–Crippen LogP) is 1.27. The highest BCUT2D eigenvalue weighted by Crippen LogP contribution is 2.19. The van der Waals surface area contributed by atoms with Gasteiger partial charge in [-0.05, 0) is 46.9 Å². The third-order valence-corrected chi connectivity index (χ3v) is 6.13. The molecule has 156 valence electrons. The van der Waals surface area contributed by atoms with E-state index in [9.17, 15) is 18.0 Å². The van der Waals surface area contributed by atoms with Gasteiger partial charge in [0, 0.05) is 31.7 Å². The Bertz CT molecular complexity index is 807. The second-order valence-corrected chi connectivity index (χ2v) is 10.1. The zero-order valence-corrected chi connectivity index (χ0v) is 18.0. The third kappa shape index (κ3) is 5.68. The fraction of sp³-hybridized carbons (Fsp3) is 0.579. The van der Waals surface area contributed by atoms with E-state index in [1.807, 2.05) is 14.0 Å². The molecule has 3 amide bonds. The first-order valence-corrected chi connectivity index (χ1v) is 10.7. The quantitative estimate of drug-likeness (QED) is 0.807. The lowest BCUT2D eigenvalue weighted by Gasteiger charge is -2.35. The molecule has 1 saturated heterocycles. The van der Waals surface area contributed by atoms with E-state index >= 15 is 0 Å². The molecule has 0 unspecified atom stereocenters. The average molecular weight is 411 g/mol. The number of carbonyl (C=O) groups is 2. The number of sulfonamides is 1. The summed E-state index contributed by atoms with van der Waals surface area (Å²) >= 11 is 0. The van der Waals surface area contributed by atoms with Crippen LogP contribution < -0.4 is 5.32 Å². The van der Waals surface area contributed by atoms with Crippen molar-refractivity contribution in [3.05, 3.63) is 29.8 Å². The van der Waals surface area contributed by atoms with Crippen LogP contribution in [-0.2, 0) is 14.8 Å². The molecule has 1 heterocycles. The van der Waals surface area contributed by atoms with Gasteiger partial charge in [0.25, 0.3) is 10.0 Å². The van der Waals surface area contributed by atoms with Gasteiger partial charge in [-0.1, -0.05) is 17.7 Å². The second-order valence-electron chi connectivity index (χ2n) is 8.20. The van der Waals surface area contributed by atoms with Crippen LogP contribution in [-0.4, -0.2) is 79.8 Å². The average Bonchev–Trinajstić information content (AvgIpc) is 2.58. The molecule has 1 aliphatic rings. The number of aryl methyl sites for hydroxylation is 1. The van der Waals surface area contributed by atoms with Crippen LogP contribution in [0, 0.1) is 6.92 Å². The van der Waals surface area contributed by atoms with Gasteiger partial charge in [0.1, 0.15) is 6.54 Å². The van der Waals surface area contributed by atoms with Crippen molar-refractivity contribution in [3.8, 4) is 0 Å². The molecule has 0 aliphatic carbocycles. The molecule has 28 heavy (non-hydrogen) atoms. The maximum absolute atomic E-state index is 13.2. The van der Waals surface area contributed by atoms with Crippen LogP contribution in [0.25, 0.3) is 0 Å². The zero-order chi connectivity index (χ0) is 21.1. The SMILES string of the molecule is Cc1ccc(S(=O)(=O)N(CC(=O)NC(C)(C)C)C(=O)N2CCN(C)CC2)cc1. The van der Waals surface area contributed by atoms with Crippen LogP contribution in [0.2, 0.25) is 0 Å².